The van der Waals surface area contributed by atoms with Gasteiger partial charge >= 0.3 is 11.9 Å². The fraction of sp³-hybridized carbons (Fsp3) is 0.500. The molecule has 1 aromatic carbocycles. The minimum Gasteiger partial charge on any atom is -0.469 e. The number of nitrogens with zero attached hydrogens (tertiary/aromatic N) is 1. The SMILES string of the molecule is COC(=O)c1cc(S(=O)(=O)N2CCC(C(=O)OC)CC2)ccc1C. The Morgan fingerprint density at radius 2 is 1.75 bits per heavy atom. The molecule has 0 spiro atoms. The average Bonchev–Trinajstić information content (AvgIpc) is 2.60. The van der Waals surface area contributed by atoms with Gasteiger partial charge in [0.1, 0.15) is 0 Å². The molecule has 24 heavy (non-hydrogen) atoms. The van der Waals surface area contributed by atoms with E-state index in [0.717, 1.165) is 0 Å². The maximum absolute atomic E-state index is 12.8. The van der Waals surface area contributed by atoms with Gasteiger partial charge in [0.25, 0.3) is 0 Å². The van der Waals surface area contributed by atoms with Gasteiger partial charge < -0.3 is 9.47 Å². The number of benzene rings is 1. The highest BCUT2D eigenvalue weighted by atomic mass is 32.2. The molecule has 1 saturated heterocycles. The first-order valence-electron chi connectivity index (χ1n) is 7.58. The van der Waals surface area contributed by atoms with Gasteiger partial charge in [-0.25, -0.2) is 13.2 Å². The molecule has 0 unspecified atom stereocenters. The first kappa shape index (κ1) is 18.4. The lowest BCUT2D eigenvalue weighted by atomic mass is 9.99. The van der Waals surface area contributed by atoms with Crippen LogP contribution in [0.25, 0.3) is 0 Å². The molecule has 0 amide bonds. The van der Waals surface area contributed by atoms with Crippen LogP contribution in [0.3, 0.4) is 0 Å². The van der Waals surface area contributed by atoms with Gasteiger partial charge in [0, 0.05) is 13.1 Å². The second kappa shape index (κ2) is 7.31. The van der Waals surface area contributed by atoms with E-state index < -0.39 is 16.0 Å². The molecule has 0 N–H and O–H groups in total. The Bertz CT molecular complexity index is 735. The van der Waals surface area contributed by atoms with Crippen LogP contribution in [0.4, 0.5) is 0 Å². The molecule has 1 aromatic rings. The van der Waals surface area contributed by atoms with Crippen molar-refractivity contribution in [1.29, 1.82) is 0 Å². The van der Waals surface area contributed by atoms with Crippen LogP contribution in [0.5, 0.6) is 0 Å². The fourth-order valence-electron chi connectivity index (χ4n) is 2.74. The van der Waals surface area contributed by atoms with Crippen LogP contribution in [0.15, 0.2) is 23.1 Å². The number of hydrogen-bond donors (Lipinski definition) is 0. The maximum Gasteiger partial charge on any atom is 0.338 e. The summed E-state index contributed by atoms with van der Waals surface area (Å²) in [5.74, 6) is -1.16. The molecule has 1 aliphatic rings. The molecule has 0 aromatic heterocycles. The van der Waals surface area contributed by atoms with E-state index in [2.05, 4.69) is 4.74 Å². The number of sulfonamides is 1. The van der Waals surface area contributed by atoms with Gasteiger partial charge in [0.05, 0.1) is 30.6 Å². The molecule has 1 fully saturated rings. The molecular formula is C16H21NO6S. The van der Waals surface area contributed by atoms with Crippen LogP contribution in [-0.2, 0) is 24.3 Å². The smallest absolute Gasteiger partial charge is 0.338 e. The van der Waals surface area contributed by atoms with E-state index in [1.807, 2.05) is 0 Å². The lowest BCUT2D eigenvalue weighted by Gasteiger charge is -2.30. The quantitative estimate of drug-likeness (QED) is 0.758. The summed E-state index contributed by atoms with van der Waals surface area (Å²) in [5, 5.41) is 0. The minimum atomic E-state index is -3.73. The number of esters is 2. The zero-order valence-corrected chi connectivity index (χ0v) is 14.8. The topological polar surface area (TPSA) is 90.0 Å². The summed E-state index contributed by atoms with van der Waals surface area (Å²) in [5.41, 5.74) is 0.869. The summed E-state index contributed by atoms with van der Waals surface area (Å²) in [7, 11) is -1.15. The predicted molar refractivity (Wildman–Crippen MR) is 86.0 cm³/mol. The van der Waals surface area contributed by atoms with Crippen molar-refractivity contribution in [3.05, 3.63) is 29.3 Å². The summed E-state index contributed by atoms with van der Waals surface area (Å²) in [6.07, 6.45) is 0.837. The Hall–Kier alpha value is -1.93. The highest BCUT2D eigenvalue weighted by Gasteiger charge is 2.33. The van der Waals surface area contributed by atoms with Gasteiger partial charge in [0.2, 0.25) is 10.0 Å². The van der Waals surface area contributed by atoms with Gasteiger partial charge in [-0.15, -0.1) is 0 Å². The van der Waals surface area contributed by atoms with E-state index in [9.17, 15) is 18.0 Å². The normalized spacial score (nSPS) is 16.6. The van der Waals surface area contributed by atoms with Gasteiger partial charge in [0.15, 0.2) is 0 Å². The summed E-state index contributed by atoms with van der Waals surface area (Å²) < 4.78 is 36.3. The zero-order valence-electron chi connectivity index (χ0n) is 13.9. The highest BCUT2D eigenvalue weighted by molar-refractivity contribution is 7.89. The van der Waals surface area contributed by atoms with Crippen LogP contribution in [0.2, 0.25) is 0 Å². The zero-order chi connectivity index (χ0) is 17.9. The van der Waals surface area contributed by atoms with Crippen molar-refractivity contribution in [3.8, 4) is 0 Å². The lowest BCUT2D eigenvalue weighted by molar-refractivity contribution is -0.146. The number of methoxy groups -OCH3 is 2. The van der Waals surface area contributed by atoms with Crippen molar-refractivity contribution in [3.63, 3.8) is 0 Å². The van der Waals surface area contributed by atoms with E-state index in [-0.39, 0.29) is 35.4 Å². The first-order valence-corrected chi connectivity index (χ1v) is 9.02. The highest BCUT2D eigenvalue weighted by Crippen LogP contribution is 2.26. The van der Waals surface area contributed by atoms with Crippen molar-refractivity contribution in [2.75, 3.05) is 27.3 Å². The molecule has 0 saturated carbocycles. The summed E-state index contributed by atoms with van der Waals surface area (Å²) in [4.78, 5) is 23.3. The number of carbonyl (C=O) groups excluding carboxylic acids is 2. The van der Waals surface area contributed by atoms with Gasteiger partial charge in [-0.1, -0.05) is 6.07 Å². The summed E-state index contributed by atoms with van der Waals surface area (Å²) in [6.45, 7) is 2.19. The van der Waals surface area contributed by atoms with E-state index in [1.165, 1.54) is 30.7 Å². The van der Waals surface area contributed by atoms with Gasteiger partial charge in [-0.05, 0) is 37.5 Å². The first-order chi connectivity index (χ1) is 11.3. The molecule has 0 aliphatic carbocycles. The molecule has 132 valence electrons. The Balaban J connectivity index is 2.23. The molecular weight excluding hydrogens is 334 g/mol. The van der Waals surface area contributed by atoms with Crippen molar-refractivity contribution in [2.24, 2.45) is 5.92 Å². The van der Waals surface area contributed by atoms with Crippen molar-refractivity contribution < 1.29 is 27.5 Å². The largest absolute Gasteiger partial charge is 0.469 e. The number of carbonyl (C=O) groups is 2. The minimum absolute atomic E-state index is 0.0463. The molecule has 0 atom stereocenters. The molecule has 1 heterocycles. The molecule has 8 heteroatoms. The number of ether oxygens (including phenoxy) is 2. The van der Waals surface area contributed by atoms with Crippen molar-refractivity contribution >= 4 is 22.0 Å². The molecule has 7 nitrogen and oxygen atoms in total. The Kier molecular flexibility index (Phi) is 5.61. The molecule has 0 radical (unpaired) electrons. The van der Waals surface area contributed by atoms with Crippen LogP contribution in [-0.4, -0.2) is 52.0 Å². The van der Waals surface area contributed by atoms with E-state index in [0.29, 0.717) is 18.4 Å². The second-order valence-corrected chi connectivity index (χ2v) is 7.61. The van der Waals surface area contributed by atoms with Crippen LogP contribution >= 0.6 is 0 Å². The van der Waals surface area contributed by atoms with Crippen LogP contribution in [0.1, 0.15) is 28.8 Å². The Morgan fingerprint density at radius 3 is 2.29 bits per heavy atom. The molecule has 1 aliphatic heterocycles. The lowest BCUT2D eigenvalue weighted by Crippen LogP contribution is -2.40. The van der Waals surface area contributed by atoms with E-state index in [1.54, 1.807) is 13.0 Å². The van der Waals surface area contributed by atoms with Crippen LogP contribution in [0, 0.1) is 12.8 Å². The Morgan fingerprint density at radius 1 is 1.12 bits per heavy atom. The molecule has 0 bridgehead atoms. The number of hydrogen-bond acceptors (Lipinski definition) is 6. The van der Waals surface area contributed by atoms with Gasteiger partial charge in [-0.3, -0.25) is 4.79 Å². The van der Waals surface area contributed by atoms with E-state index in [4.69, 9.17) is 4.74 Å². The maximum atomic E-state index is 12.8. The average molecular weight is 355 g/mol. The third-order valence-corrected chi connectivity index (χ3v) is 6.14. The van der Waals surface area contributed by atoms with Crippen molar-refractivity contribution in [1.82, 2.24) is 4.31 Å². The van der Waals surface area contributed by atoms with Gasteiger partial charge in [-0.2, -0.15) is 4.31 Å². The van der Waals surface area contributed by atoms with Crippen molar-refractivity contribution in [2.45, 2.75) is 24.7 Å². The Labute approximate surface area is 141 Å². The number of aryl methyl sites for hydroxylation is 1. The van der Waals surface area contributed by atoms with E-state index >= 15 is 0 Å². The second-order valence-electron chi connectivity index (χ2n) is 5.67. The summed E-state index contributed by atoms with van der Waals surface area (Å²) in [6, 6.07) is 4.40. The number of rotatable bonds is 4. The molecule has 2 rings (SSSR count). The fourth-order valence-corrected chi connectivity index (χ4v) is 4.24. The van der Waals surface area contributed by atoms with Crippen LogP contribution < -0.4 is 0 Å². The standard InChI is InChI=1S/C16H21NO6S/c1-11-4-5-13(10-14(11)16(19)23-3)24(20,21)17-8-6-12(7-9-17)15(18)22-2/h4-5,10,12H,6-9H2,1-3H3. The third-order valence-electron chi connectivity index (χ3n) is 4.24. The summed E-state index contributed by atoms with van der Waals surface area (Å²) >= 11 is 0. The monoisotopic (exact) mass is 355 g/mol. The number of piperidine rings is 1. The third kappa shape index (κ3) is 3.59. The predicted octanol–water partition coefficient (Wildman–Crippen LogP) is 1.36.